The smallest absolute Gasteiger partial charge is 0.243 e. The molecule has 0 aliphatic heterocycles. The first kappa shape index (κ1) is 31.5. The summed E-state index contributed by atoms with van der Waals surface area (Å²) in [4.78, 5) is 28.6. The molecule has 10 heteroatoms. The van der Waals surface area contributed by atoms with Gasteiger partial charge < -0.3 is 10.2 Å². The lowest BCUT2D eigenvalue weighted by Gasteiger charge is -2.32. The quantitative estimate of drug-likeness (QED) is 0.274. The van der Waals surface area contributed by atoms with E-state index in [1.54, 1.807) is 35.2 Å². The second-order valence-electron chi connectivity index (χ2n) is 9.62. The van der Waals surface area contributed by atoms with Gasteiger partial charge in [0.15, 0.2) is 0 Å². The molecule has 0 spiro atoms. The van der Waals surface area contributed by atoms with Gasteiger partial charge in [0, 0.05) is 42.5 Å². The average Bonchev–Trinajstić information content (AvgIpc) is 2.91. The fourth-order valence-corrected chi connectivity index (χ4v) is 5.77. The molecule has 214 valence electrons. The minimum absolute atomic E-state index is 0.0456. The van der Waals surface area contributed by atoms with E-state index in [4.69, 9.17) is 23.2 Å². The van der Waals surface area contributed by atoms with Crippen LogP contribution in [0.3, 0.4) is 0 Å². The second kappa shape index (κ2) is 14.5. The molecule has 3 aromatic rings. The molecule has 0 fully saturated rings. The first-order valence-corrected chi connectivity index (χ1v) is 15.7. The standard InChI is InChI=1S/C30H35Cl2N3O4S/c1-4-33-30(37)28(19-23-9-6-5-7-10-23)34(21-24-13-16-25(31)17-14-24)29(36)11-8-18-35(40(3,38)39)27-20-26(32)15-12-22(27)2/h5-7,9-10,12-17,20,28H,4,8,11,18-19,21H2,1-3H3,(H,33,37)/t28-/m0/s1. The van der Waals surface area contributed by atoms with Crippen LogP contribution < -0.4 is 9.62 Å². The Bertz CT molecular complexity index is 1400. The number of likely N-dealkylation sites (N-methyl/N-ethyl adjacent to an activating group) is 1. The van der Waals surface area contributed by atoms with E-state index in [2.05, 4.69) is 5.32 Å². The van der Waals surface area contributed by atoms with Crippen LogP contribution in [0.15, 0.2) is 72.8 Å². The third kappa shape index (κ3) is 8.98. The van der Waals surface area contributed by atoms with E-state index in [-0.39, 0.29) is 37.7 Å². The predicted molar refractivity (Wildman–Crippen MR) is 162 cm³/mol. The van der Waals surface area contributed by atoms with Crippen LogP contribution in [0.25, 0.3) is 0 Å². The number of halogens is 2. The molecule has 0 bridgehead atoms. The molecule has 3 aromatic carbocycles. The largest absolute Gasteiger partial charge is 0.355 e. The lowest BCUT2D eigenvalue weighted by Crippen LogP contribution is -2.50. The summed E-state index contributed by atoms with van der Waals surface area (Å²) >= 11 is 12.2. The van der Waals surface area contributed by atoms with Gasteiger partial charge in [-0.15, -0.1) is 0 Å². The van der Waals surface area contributed by atoms with E-state index in [1.165, 1.54) is 4.31 Å². The van der Waals surface area contributed by atoms with Crippen molar-refractivity contribution < 1.29 is 18.0 Å². The molecule has 0 aliphatic rings. The molecule has 0 aliphatic carbocycles. The number of rotatable bonds is 13. The molecule has 0 aromatic heterocycles. The van der Waals surface area contributed by atoms with Crippen molar-refractivity contribution in [3.8, 4) is 0 Å². The number of carbonyl (C=O) groups is 2. The molecule has 0 saturated heterocycles. The number of carbonyl (C=O) groups excluding carboxylic acids is 2. The SMILES string of the molecule is CCNC(=O)[C@H](Cc1ccccc1)N(Cc1ccc(Cl)cc1)C(=O)CCCN(c1cc(Cl)ccc1C)S(C)(=O)=O. The number of hydrogen-bond acceptors (Lipinski definition) is 4. The monoisotopic (exact) mass is 603 g/mol. The van der Waals surface area contributed by atoms with Crippen molar-refractivity contribution in [3.05, 3.63) is 99.5 Å². The van der Waals surface area contributed by atoms with Gasteiger partial charge in [0.1, 0.15) is 6.04 Å². The summed E-state index contributed by atoms with van der Waals surface area (Å²) < 4.78 is 26.6. The van der Waals surface area contributed by atoms with Crippen LogP contribution >= 0.6 is 23.2 Å². The topological polar surface area (TPSA) is 86.8 Å². The zero-order valence-corrected chi connectivity index (χ0v) is 25.3. The molecule has 0 radical (unpaired) electrons. The Morgan fingerprint density at radius 1 is 0.925 bits per heavy atom. The summed E-state index contributed by atoms with van der Waals surface area (Å²) in [5.74, 6) is -0.501. The van der Waals surface area contributed by atoms with E-state index >= 15 is 0 Å². The summed E-state index contributed by atoms with van der Waals surface area (Å²) in [6, 6.07) is 21.0. The molecule has 3 rings (SSSR count). The van der Waals surface area contributed by atoms with Crippen molar-refractivity contribution in [2.24, 2.45) is 0 Å². The number of sulfonamides is 1. The minimum atomic E-state index is -3.63. The van der Waals surface area contributed by atoms with E-state index in [9.17, 15) is 18.0 Å². The number of aryl methyl sites for hydroxylation is 1. The zero-order valence-electron chi connectivity index (χ0n) is 22.9. The lowest BCUT2D eigenvalue weighted by molar-refractivity contribution is -0.141. The van der Waals surface area contributed by atoms with Gasteiger partial charge in [-0.05, 0) is 61.2 Å². The second-order valence-corrected chi connectivity index (χ2v) is 12.4. The molecular weight excluding hydrogens is 569 g/mol. The van der Waals surface area contributed by atoms with E-state index in [0.717, 1.165) is 22.9 Å². The van der Waals surface area contributed by atoms with Gasteiger partial charge in [0.2, 0.25) is 21.8 Å². The number of benzene rings is 3. The van der Waals surface area contributed by atoms with Crippen LogP contribution in [0.1, 0.15) is 36.5 Å². The van der Waals surface area contributed by atoms with Gasteiger partial charge in [-0.25, -0.2) is 8.42 Å². The summed E-state index contributed by atoms with van der Waals surface area (Å²) in [7, 11) is -3.63. The highest BCUT2D eigenvalue weighted by Crippen LogP contribution is 2.27. The Kier molecular flexibility index (Phi) is 11.4. The number of anilines is 1. The number of nitrogens with one attached hydrogen (secondary N) is 1. The van der Waals surface area contributed by atoms with Crippen molar-refractivity contribution in [1.29, 1.82) is 0 Å². The van der Waals surface area contributed by atoms with Gasteiger partial charge in [-0.3, -0.25) is 13.9 Å². The van der Waals surface area contributed by atoms with Crippen LogP contribution in [0.5, 0.6) is 0 Å². The summed E-state index contributed by atoms with van der Waals surface area (Å²) in [6.07, 6.45) is 1.77. The highest BCUT2D eigenvalue weighted by Gasteiger charge is 2.30. The van der Waals surface area contributed by atoms with Crippen LogP contribution in [0.4, 0.5) is 5.69 Å². The van der Waals surface area contributed by atoms with Gasteiger partial charge in [-0.2, -0.15) is 0 Å². The van der Waals surface area contributed by atoms with Gasteiger partial charge >= 0.3 is 0 Å². The molecule has 7 nitrogen and oxygen atoms in total. The highest BCUT2D eigenvalue weighted by atomic mass is 35.5. The fraction of sp³-hybridized carbons (Fsp3) is 0.333. The van der Waals surface area contributed by atoms with E-state index in [1.807, 2.05) is 56.3 Å². The summed E-state index contributed by atoms with van der Waals surface area (Å²) in [5, 5.41) is 3.86. The Labute approximate surface area is 247 Å². The predicted octanol–water partition coefficient (Wildman–Crippen LogP) is 5.62. The molecule has 0 saturated carbocycles. The Hall–Kier alpha value is -3.07. The van der Waals surface area contributed by atoms with Crippen molar-refractivity contribution in [3.63, 3.8) is 0 Å². The van der Waals surface area contributed by atoms with Gasteiger partial charge in [0.05, 0.1) is 11.9 Å². The molecule has 1 atom stereocenters. The third-order valence-corrected chi connectivity index (χ3v) is 8.15. The number of nitrogens with zero attached hydrogens (tertiary/aromatic N) is 2. The molecule has 0 unspecified atom stereocenters. The summed E-state index contributed by atoms with van der Waals surface area (Å²) in [6.45, 7) is 4.36. The Morgan fingerprint density at radius 2 is 1.57 bits per heavy atom. The van der Waals surface area contributed by atoms with Crippen molar-refractivity contribution in [2.75, 3.05) is 23.7 Å². The maximum atomic E-state index is 13.8. The Balaban J connectivity index is 1.87. The number of hydrogen-bond donors (Lipinski definition) is 1. The maximum Gasteiger partial charge on any atom is 0.243 e. The van der Waals surface area contributed by atoms with Crippen LogP contribution in [0, 0.1) is 6.92 Å². The normalized spacial score (nSPS) is 12.0. The van der Waals surface area contributed by atoms with Crippen molar-refractivity contribution >= 4 is 50.7 Å². The van der Waals surface area contributed by atoms with E-state index < -0.39 is 16.1 Å². The molecular formula is C30H35Cl2N3O4S. The van der Waals surface area contributed by atoms with Crippen molar-refractivity contribution in [1.82, 2.24) is 10.2 Å². The minimum Gasteiger partial charge on any atom is -0.355 e. The van der Waals surface area contributed by atoms with E-state index in [0.29, 0.717) is 28.7 Å². The first-order valence-electron chi connectivity index (χ1n) is 13.1. The summed E-state index contributed by atoms with van der Waals surface area (Å²) in [5.41, 5.74) is 2.98. The molecule has 0 heterocycles. The van der Waals surface area contributed by atoms with Crippen molar-refractivity contribution in [2.45, 2.75) is 45.7 Å². The first-order chi connectivity index (χ1) is 19.0. The molecule has 40 heavy (non-hydrogen) atoms. The Morgan fingerprint density at radius 3 is 2.20 bits per heavy atom. The average molecular weight is 605 g/mol. The third-order valence-electron chi connectivity index (χ3n) is 6.48. The molecule has 1 N–H and O–H groups in total. The zero-order chi connectivity index (χ0) is 29.3. The number of amides is 2. The lowest BCUT2D eigenvalue weighted by atomic mass is 10.0. The van der Waals surface area contributed by atoms with Gasteiger partial charge in [0.25, 0.3) is 0 Å². The van der Waals surface area contributed by atoms with Crippen LogP contribution in [0.2, 0.25) is 10.0 Å². The molecule has 2 amide bonds. The van der Waals surface area contributed by atoms with Gasteiger partial charge in [-0.1, -0.05) is 71.7 Å². The van der Waals surface area contributed by atoms with Crippen LogP contribution in [-0.2, 0) is 32.6 Å². The highest BCUT2D eigenvalue weighted by molar-refractivity contribution is 7.92. The fourth-order valence-electron chi connectivity index (χ4n) is 4.47. The maximum absolute atomic E-state index is 13.8. The van der Waals surface area contributed by atoms with Crippen LogP contribution in [-0.4, -0.2) is 50.5 Å².